The first-order valence-corrected chi connectivity index (χ1v) is 7.79. The van der Waals surface area contributed by atoms with E-state index in [0.717, 1.165) is 24.2 Å². The molecule has 1 aromatic heterocycles. The van der Waals surface area contributed by atoms with E-state index < -0.39 is 6.10 Å². The highest BCUT2D eigenvalue weighted by Crippen LogP contribution is 2.23. The fourth-order valence-corrected chi connectivity index (χ4v) is 2.15. The summed E-state index contributed by atoms with van der Waals surface area (Å²) in [6, 6.07) is 4.81. The van der Waals surface area contributed by atoms with Crippen LogP contribution in [-0.2, 0) is 11.3 Å². The van der Waals surface area contributed by atoms with Crippen LogP contribution < -0.4 is 15.4 Å². The Bertz CT molecular complexity index is 524. The zero-order chi connectivity index (χ0) is 14.8. The first-order valence-electron chi connectivity index (χ1n) is 7.79. The molecule has 2 fully saturated rings. The van der Waals surface area contributed by atoms with Gasteiger partial charge >= 0.3 is 0 Å². The molecule has 5 nitrogen and oxygen atoms in total. The normalized spacial score (nSPS) is 19.1. The number of carbonyl (C=O) groups is 1. The molecule has 0 spiro atoms. The second-order valence-corrected chi connectivity index (χ2v) is 6.10. The second-order valence-electron chi connectivity index (χ2n) is 6.10. The van der Waals surface area contributed by atoms with Crippen LogP contribution in [-0.4, -0.2) is 29.1 Å². The Morgan fingerprint density at radius 1 is 1.33 bits per heavy atom. The number of aryl methyl sites for hydroxylation is 1. The molecule has 2 N–H and O–H groups in total. The molecule has 5 heteroatoms. The van der Waals surface area contributed by atoms with Gasteiger partial charge < -0.3 is 15.4 Å². The van der Waals surface area contributed by atoms with Gasteiger partial charge in [0.1, 0.15) is 5.75 Å². The highest BCUT2D eigenvalue weighted by Gasteiger charge is 2.27. The summed E-state index contributed by atoms with van der Waals surface area (Å²) in [6.45, 7) is 4.45. The monoisotopic (exact) mass is 289 g/mol. The van der Waals surface area contributed by atoms with Crippen molar-refractivity contribution in [3.05, 3.63) is 23.5 Å². The lowest BCUT2D eigenvalue weighted by atomic mass is 10.2. The number of amides is 1. The second kappa shape index (κ2) is 6.02. The largest absolute Gasteiger partial charge is 0.479 e. The molecular formula is C16H23N3O2. The molecule has 21 heavy (non-hydrogen) atoms. The van der Waals surface area contributed by atoms with Crippen molar-refractivity contribution >= 4 is 5.91 Å². The summed E-state index contributed by atoms with van der Waals surface area (Å²) in [7, 11) is 0. The lowest BCUT2D eigenvalue weighted by Gasteiger charge is -2.17. The van der Waals surface area contributed by atoms with Crippen LogP contribution in [0.2, 0.25) is 0 Å². The Morgan fingerprint density at radius 3 is 2.71 bits per heavy atom. The molecule has 0 radical (unpaired) electrons. The number of ether oxygens (including phenoxy) is 1. The van der Waals surface area contributed by atoms with Crippen molar-refractivity contribution in [2.75, 3.05) is 0 Å². The Morgan fingerprint density at radius 2 is 2.05 bits per heavy atom. The molecule has 1 heterocycles. The molecular weight excluding hydrogens is 266 g/mol. The van der Waals surface area contributed by atoms with Crippen molar-refractivity contribution in [2.24, 2.45) is 0 Å². The maximum atomic E-state index is 12.0. The maximum Gasteiger partial charge on any atom is 0.260 e. The molecule has 2 saturated carbocycles. The Labute approximate surface area is 125 Å². The molecule has 2 aliphatic carbocycles. The first-order chi connectivity index (χ1) is 10.1. The molecule has 1 aromatic rings. The molecule has 1 unspecified atom stereocenters. The number of pyridine rings is 1. The number of carbonyl (C=O) groups excluding carboxylic acids is 1. The van der Waals surface area contributed by atoms with Crippen molar-refractivity contribution in [1.29, 1.82) is 0 Å². The lowest BCUT2D eigenvalue weighted by Crippen LogP contribution is -2.37. The smallest absolute Gasteiger partial charge is 0.260 e. The van der Waals surface area contributed by atoms with Crippen LogP contribution in [0.15, 0.2) is 12.1 Å². The van der Waals surface area contributed by atoms with Gasteiger partial charge in [-0.2, -0.15) is 0 Å². The topological polar surface area (TPSA) is 63.2 Å². The number of rotatable bonds is 7. The summed E-state index contributed by atoms with van der Waals surface area (Å²) >= 11 is 0. The van der Waals surface area contributed by atoms with Crippen molar-refractivity contribution in [1.82, 2.24) is 15.6 Å². The highest BCUT2D eigenvalue weighted by atomic mass is 16.5. The predicted octanol–water partition coefficient (Wildman–Crippen LogP) is 1.69. The SMILES string of the molecule is Cc1ccc(OC(C)C(=O)NC2CC2)c(CNC2CC2)n1. The van der Waals surface area contributed by atoms with Crippen molar-refractivity contribution < 1.29 is 9.53 Å². The van der Waals surface area contributed by atoms with Gasteiger partial charge in [-0.1, -0.05) is 0 Å². The fourth-order valence-electron chi connectivity index (χ4n) is 2.15. The minimum absolute atomic E-state index is 0.0424. The Balaban J connectivity index is 1.62. The number of hydrogen-bond donors (Lipinski definition) is 2. The standard InChI is InChI=1S/C16H23N3O2/c1-10-3-8-15(14(18-10)9-17-12-4-5-12)21-11(2)16(20)19-13-6-7-13/h3,8,11-13,17H,4-7,9H2,1-2H3,(H,19,20). The quantitative estimate of drug-likeness (QED) is 0.802. The number of hydrogen-bond acceptors (Lipinski definition) is 4. The summed E-state index contributed by atoms with van der Waals surface area (Å²) in [5, 5.41) is 6.41. The van der Waals surface area contributed by atoms with Crippen LogP contribution in [0.5, 0.6) is 5.75 Å². The summed E-state index contributed by atoms with van der Waals surface area (Å²) in [5.41, 5.74) is 1.85. The van der Waals surface area contributed by atoms with Crippen molar-refractivity contribution in [3.8, 4) is 5.75 Å². The van der Waals surface area contributed by atoms with Gasteiger partial charge in [0.25, 0.3) is 5.91 Å². The summed E-state index contributed by atoms with van der Waals surface area (Å²) in [6.07, 6.45) is 4.15. The van der Waals surface area contributed by atoms with Gasteiger partial charge in [-0.05, 0) is 51.7 Å². The highest BCUT2D eigenvalue weighted by molar-refractivity contribution is 5.81. The number of aromatic nitrogens is 1. The predicted molar refractivity (Wildman–Crippen MR) is 80.1 cm³/mol. The van der Waals surface area contributed by atoms with E-state index in [1.807, 2.05) is 19.1 Å². The van der Waals surface area contributed by atoms with E-state index in [2.05, 4.69) is 15.6 Å². The van der Waals surface area contributed by atoms with Gasteiger partial charge in [0.15, 0.2) is 6.10 Å². The minimum atomic E-state index is -0.491. The van der Waals surface area contributed by atoms with Gasteiger partial charge in [0.2, 0.25) is 0 Å². The van der Waals surface area contributed by atoms with Crippen molar-refractivity contribution in [3.63, 3.8) is 0 Å². The van der Waals surface area contributed by atoms with E-state index in [0.29, 0.717) is 24.4 Å². The third-order valence-corrected chi connectivity index (χ3v) is 3.80. The van der Waals surface area contributed by atoms with Gasteiger partial charge in [-0.15, -0.1) is 0 Å². The van der Waals surface area contributed by atoms with Crippen LogP contribution in [0.4, 0.5) is 0 Å². The van der Waals surface area contributed by atoms with Crippen LogP contribution in [0.25, 0.3) is 0 Å². The Kier molecular flexibility index (Phi) is 4.10. The van der Waals surface area contributed by atoms with Gasteiger partial charge in [-0.25, -0.2) is 0 Å². The summed E-state index contributed by atoms with van der Waals surface area (Å²) in [4.78, 5) is 16.5. The van der Waals surface area contributed by atoms with Gasteiger partial charge in [-0.3, -0.25) is 9.78 Å². The average Bonchev–Trinajstić information content (AvgIpc) is 3.33. The maximum absolute atomic E-state index is 12.0. The third-order valence-electron chi connectivity index (χ3n) is 3.80. The molecule has 0 bridgehead atoms. The summed E-state index contributed by atoms with van der Waals surface area (Å²) < 4.78 is 5.83. The average molecular weight is 289 g/mol. The van der Waals surface area contributed by atoms with Gasteiger partial charge in [0.05, 0.1) is 5.69 Å². The molecule has 1 amide bonds. The van der Waals surface area contributed by atoms with E-state index in [1.54, 1.807) is 6.92 Å². The van der Waals surface area contributed by atoms with E-state index in [4.69, 9.17) is 4.74 Å². The Hall–Kier alpha value is -1.62. The zero-order valence-electron chi connectivity index (χ0n) is 12.7. The van der Waals surface area contributed by atoms with Gasteiger partial charge in [0, 0.05) is 24.3 Å². The lowest BCUT2D eigenvalue weighted by molar-refractivity contribution is -0.127. The summed E-state index contributed by atoms with van der Waals surface area (Å²) in [5.74, 6) is 0.659. The third kappa shape index (κ3) is 4.17. The van der Waals surface area contributed by atoms with Crippen LogP contribution >= 0.6 is 0 Å². The zero-order valence-corrected chi connectivity index (χ0v) is 12.7. The van der Waals surface area contributed by atoms with E-state index >= 15 is 0 Å². The molecule has 3 rings (SSSR count). The molecule has 2 aliphatic rings. The molecule has 0 aliphatic heterocycles. The molecule has 0 aromatic carbocycles. The van der Waals surface area contributed by atoms with Crippen LogP contribution in [0.1, 0.15) is 44.0 Å². The molecule has 0 saturated heterocycles. The van der Waals surface area contributed by atoms with Crippen LogP contribution in [0, 0.1) is 6.92 Å². The fraction of sp³-hybridized carbons (Fsp3) is 0.625. The van der Waals surface area contributed by atoms with E-state index in [-0.39, 0.29) is 5.91 Å². The first kappa shape index (κ1) is 14.3. The van der Waals surface area contributed by atoms with E-state index in [9.17, 15) is 4.79 Å². The minimum Gasteiger partial charge on any atom is -0.479 e. The van der Waals surface area contributed by atoms with Crippen molar-refractivity contribution in [2.45, 2.75) is 64.3 Å². The molecule has 114 valence electrons. The van der Waals surface area contributed by atoms with E-state index in [1.165, 1.54) is 12.8 Å². The van der Waals surface area contributed by atoms with Crippen LogP contribution in [0.3, 0.4) is 0 Å². The number of nitrogens with zero attached hydrogens (tertiary/aromatic N) is 1. The number of nitrogens with one attached hydrogen (secondary N) is 2. The molecule has 1 atom stereocenters.